The van der Waals surface area contributed by atoms with Crippen LogP contribution in [0.25, 0.3) is 10.6 Å². The molecule has 3 aromatic rings. The molecule has 0 unspecified atom stereocenters. The maximum Gasteiger partial charge on any atom is 0.435 e. The first kappa shape index (κ1) is 28.3. The van der Waals surface area contributed by atoms with Gasteiger partial charge in [-0.2, -0.15) is 13.2 Å². The molecule has 11 heteroatoms. The minimum atomic E-state index is -4.79. The van der Waals surface area contributed by atoms with Crippen LogP contribution in [0, 0.1) is 5.92 Å². The molecule has 39 heavy (non-hydrogen) atoms. The summed E-state index contributed by atoms with van der Waals surface area (Å²) in [6, 6.07) is 15.7. The third kappa shape index (κ3) is 7.66. The van der Waals surface area contributed by atoms with Gasteiger partial charge in [0.15, 0.2) is 5.69 Å². The Balaban J connectivity index is 1.27. The topological polar surface area (TPSA) is 108 Å². The monoisotopic (exact) mass is 559 g/mol. The van der Waals surface area contributed by atoms with Crippen LogP contribution in [0.3, 0.4) is 0 Å². The number of nitrogens with one attached hydrogen (secondary N) is 2. The van der Waals surface area contributed by atoms with Crippen molar-refractivity contribution >= 4 is 34.8 Å². The number of hydrogen-bond donors (Lipinski definition) is 3. The first-order valence-electron chi connectivity index (χ1n) is 12.6. The van der Waals surface area contributed by atoms with Gasteiger partial charge in [-0.05, 0) is 55.2 Å². The molecule has 2 amide bonds. The predicted molar refractivity (Wildman–Crippen MR) is 142 cm³/mol. The number of aliphatic carboxylic acids is 1. The SMILES string of the molecule is O=C(O)C[C@H]1CC[C@H](c2ccc(NC(=O)CCNC(=O)c3sc(-c4ccccc4)nc3C(F)(F)F)cc2)CC1. The Labute approximate surface area is 227 Å². The molecule has 0 saturated heterocycles. The molecule has 1 saturated carbocycles. The van der Waals surface area contributed by atoms with Crippen molar-refractivity contribution in [2.45, 2.75) is 50.6 Å². The van der Waals surface area contributed by atoms with E-state index in [1.165, 1.54) is 0 Å². The fraction of sp³-hybridized carbons (Fsp3) is 0.357. The van der Waals surface area contributed by atoms with Gasteiger partial charge in [0.25, 0.3) is 5.91 Å². The van der Waals surface area contributed by atoms with Crippen LogP contribution in [-0.2, 0) is 15.8 Å². The molecule has 4 rings (SSSR count). The zero-order valence-corrected chi connectivity index (χ0v) is 21.8. The number of carboxylic acids is 1. The van der Waals surface area contributed by atoms with Gasteiger partial charge < -0.3 is 15.7 Å². The highest BCUT2D eigenvalue weighted by Crippen LogP contribution is 2.38. The quantitative estimate of drug-likeness (QED) is 0.284. The lowest BCUT2D eigenvalue weighted by Gasteiger charge is -2.28. The summed E-state index contributed by atoms with van der Waals surface area (Å²) >= 11 is 0.655. The number of halogens is 3. The minimum Gasteiger partial charge on any atom is -0.481 e. The summed E-state index contributed by atoms with van der Waals surface area (Å²) in [6.45, 7) is -0.141. The molecule has 0 aliphatic heterocycles. The molecule has 206 valence electrons. The number of anilines is 1. The number of carbonyl (C=O) groups excluding carboxylic acids is 2. The molecule has 1 fully saturated rings. The second-order valence-electron chi connectivity index (χ2n) is 9.55. The Bertz CT molecular complexity index is 1300. The zero-order chi connectivity index (χ0) is 28.0. The molecule has 0 bridgehead atoms. The van der Waals surface area contributed by atoms with E-state index in [1.54, 1.807) is 42.5 Å². The molecule has 0 spiro atoms. The van der Waals surface area contributed by atoms with E-state index >= 15 is 0 Å². The van der Waals surface area contributed by atoms with Gasteiger partial charge in [0, 0.05) is 30.6 Å². The van der Waals surface area contributed by atoms with Gasteiger partial charge >= 0.3 is 12.1 Å². The van der Waals surface area contributed by atoms with Gasteiger partial charge in [0.1, 0.15) is 9.88 Å². The highest BCUT2D eigenvalue weighted by molar-refractivity contribution is 7.17. The van der Waals surface area contributed by atoms with Crippen molar-refractivity contribution in [2.24, 2.45) is 5.92 Å². The summed E-state index contributed by atoms with van der Waals surface area (Å²) in [5, 5.41) is 14.2. The molecule has 2 aromatic carbocycles. The smallest absolute Gasteiger partial charge is 0.435 e. The second kappa shape index (κ2) is 12.4. The van der Waals surface area contributed by atoms with E-state index in [0.717, 1.165) is 31.2 Å². The van der Waals surface area contributed by atoms with Crippen LogP contribution in [0.1, 0.15) is 65.4 Å². The maximum absolute atomic E-state index is 13.5. The zero-order valence-electron chi connectivity index (χ0n) is 21.0. The van der Waals surface area contributed by atoms with Crippen LogP contribution in [0.2, 0.25) is 0 Å². The lowest BCUT2D eigenvalue weighted by atomic mass is 9.77. The fourth-order valence-electron chi connectivity index (χ4n) is 4.75. The lowest BCUT2D eigenvalue weighted by molar-refractivity contribution is -0.141. The standard InChI is InChI=1S/C28H28F3N3O4S/c29-28(30,31)25-24(39-27(34-25)20-4-2-1-3-5-20)26(38)32-15-14-22(35)33-21-12-10-19(11-13-21)18-8-6-17(7-9-18)16-23(36)37/h1-5,10-13,17-18H,6-9,14-16H2,(H,32,38)(H,33,35)(H,36,37)/t17-,18-. The molecule has 7 nitrogen and oxygen atoms in total. The van der Waals surface area contributed by atoms with E-state index in [-0.39, 0.29) is 36.2 Å². The summed E-state index contributed by atoms with van der Waals surface area (Å²) in [5.74, 6) is -1.50. The third-order valence-electron chi connectivity index (χ3n) is 6.74. The number of carboxylic acid groups (broad SMARTS) is 1. The van der Waals surface area contributed by atoms with Gasteiger partial charge in [0.05, 0.1) is 0 Å². The average molecular weight is 560 g/mol. The molecule has 1 heterocycles. The van der Waals surface area contributed by atoms with Crippen molar-refractivity contribution in [2.75, 3.05) is 11.9 Å². The van der Waals surface area contributed by atoms with Crippen LogP contribution in [0.15, 0.2) is 54.6 Å². The molecule has 1 aliphatic carbocycles. The molecule has 0 radical (unpaired) electrons. The largest absolute Gasteiger partial charge is 0.481 e. The Kier molecular flexibility index (Phi) is 9.01. The number of nitrogens with zero attached hydrogens (tertiary/aromatic N) is 1. The Morgan fingerprint density at radius 3 is 2.26 bits per heavy atom. The van der Waals surface area contributed by atoms with Crippen molar-refractivity contribution in [3.05, 3.63) is 70.7 Å². The highest BCUT2D eigenvalue weighted by atomic mass is 32.1. The molecular weight excluding hydrogens is 531 g/mol. The van der Waals surface area contributed by atoms with Gasteiger partial charge in [-0.25, -0.2) is 4.98 Å². The third-order valence-corrected chi connectivity index (χ3v) is 7.84. The molecule has 1 aliphatic rings. The van der Waals surface area contributed by atoms with Gasteiger partial charge in [-0.3, -0.25) is 14.4 Å². The highest BCUT2D eigenvalue weighted by Gasteiger charge is 2.39. The van der Waals surface area contributed by atoms with Crippen LogP contribution in [-0.4, -0.2) is 34.4 Å². The van der Waals surface area contributed by atoms with Crippen molar-refractivity contribution in [1.29, 1.82) is 0 Å². The number of carbonyl (C=O) groups is 3. The molecule has 3 N–H and O–H groups in total. The van der Waals surface area contributed by atoms with E-state index in [2.05, 4.69) is 15.6 Å². The summed E-state index contributed by atoms with van der Waals surface area (Å²) in [4.78, 5) is 38.9. The number of benzene rings is 2. The van der Waals surface area contributed by atoms with Crippen molar-refractivity contribution < 1.29 is 32.7 Å². The van der Waals surface area contributed by atoms with Crippen molar-refractivity contribution in [3.63, 3.8) is 0 Å². The maximum atomic E-state index is 13.5. The number of rotatable bonds is 9. The number of aromatic nitrogens is 1. The Hall–Kier alpha value is -3.73. The van der Waals surface area contributed by atoms with E-state index < -0.39 is 28.6 Å². The summed E-state index contributed by atoms with van der Waals surface area (Å²) in [5.41, 5.74) is 0.935. The van der Waals surface area contributed by atoms with Gasteiger partial charge in [0.2, 0.25) is 5.91 Å². The molecular formula is C28H28F3N3O4S. The summed E-state index contributed by atoms with van der Waals surface area (Å²) < 4.78 is 40.6. The number of thiazole rings is 1. The summed E-state index contributed by atoms with van der Waals surface area (Å²) in [6.07, 6.45) is -1.11. The van der Waals surface area contributed by atoms with E-state index in [0.29, 0.717) is 28.5 Å². The van der Waals surface area contributed by atoms with Crippen LogP contribution in [0.5, 0.6) is 0 Å². The van der Waals surface area contributed by atoms with Crippen LogP contribution in [0.4, 0.5) is 18.9 Å². The van der Waals surface area contributed by atoms with Crippen LogP contribution >= 0.6 is 11.3 Å². The van der Waals surface area contributed by atoms with Gasteiger partial charge in [-0.15, -0.1) is 11.3 Å². The van der Waals surface area contributed by atoms with Crippen molar-refractivity contribution in [3.8, 4) is 10.6 Å². The Morgan fingerprint density at radius 1 is 0.974 bits per heavy atom. The van der Waals surface area contributed by atoms with E-state index in [4.69, 9.17) is 5.11 Å². The summed E-state index contributed by atoms with van der Waals surface area (Å²) in [7, 11) is 0. The van der Waals surface area contributed by atoms with E-state index in [9.17, 15) is 27.6 Å². The van der Waals surface area contributed by atoms with Crippen molar-refractivity contribution in [1.82, 2.24) is 10.3 Å². The number of hydrogen-bond acceptors (Lipinski definition) is 5. The second-order valence-corrected chi connectivity index (χ2v) is 10.6. The van der Waals surface area contributed by atoms with E-state index in [1.807, 2.05) is 12.1 Å². The normalized spacial score (nSPS) is 17.4. The fourth-order valence-corrected chi connectivity index (χ4v) is 5.76. The molecule has 0 atom stereocenters. The minimum absolute atomic E-state index is 0.0857. The number of alkyl halides is 3. The first-order chi connectivity index (χ1) is 18.6. The molecule has 1 aromatic heterocycles. The van der Waals surface area contributed by atoms with Gasteiger partial charge in [-0.1, -0.05) is 42.5 Å². The lowest BCUT2D eigenvalue weighted by Crippen LogP contribution is -2.28. The average Bonchev–Trinajstić information content (AvgIpc) is 3.37. The Morgan fingerprint density at radius 2 is 1.64 bits per heavy atom. The first-order valence-corrected chi connectivity index (χ1v) is 13.4. The predicted octanol–water partition coefficient (Wildman–Crippen LogP) is 6.34. The van der Waals surface area contributed by atoms with Crippen LogP contribution < -0.4 is 10.6 Å². The number of amides is 2.